The largest absolute Gasteiger partial charge is 0.300 e. The third-order valence-corrected chi connectivity index (χ3v) is 3.76. The molecule has 0 spiro atoms. The Labute approximate surface area is 165 Å². The van der Waals surface area contributed by atoms with Crippen LogP contribution in [-0.2, 0) is 11.2 Å². The second-order valence-electron chi connectivity index (χ2n) is 6.00. The van der Waals surface area contributed by atoms with E-state index < -0.39 is 5.24 Å². The summed E-state index contributed by atoms with van der Waals surface area (Å²) < 4.78 is 0. The highest BCUT2D eigenvalue weighted by molar-refractivity contribution is 6.67. The molecule has 4 N–H and O–H groups in total. The lowest BCUT2D eigenvalue weighted by molar-refractivity contribution is -0.116. The van der Waals surface area contributed by atoms with Gasteiger partial charge < -0.3 is 0 Å². The van der Waals surface area contributed by atoms with Gasteiger partial charge in [-0.05, 0) is 56.5 Å². The lowest BCUT2D eigenvalue weighted by atomic mass is 10.0. The molecule has 27 heavy (non-hydrogen) atoms. The molecule has 146 valence electrons. The van der Waals surface area contributed by atoms with Crippen LogP contribution in [0.3, 0.4) is 0 Å². The zero-order valence-electron chi connectivity index (χ0n) is 16.2. The molecule has 0 aliphatic rings. The first kappa shape index (κ1) is 24.7. The summed E-state index contributed by atoms with van der Waals surface area (Å²) in [5, 5.41) is -0.392. The van der Waals surface area contributed by atoms with Crippen molar-refractivity contribution in [2.24, 2.45) is 11.7 Å². The summed E-state index contributed by atoms with van der Waals surface area (Å²) in [6.07, 6.45) is 0.965. The number of benzene rings is 2. The van der Waals surface area contributed by atoms with Crippen LogP contribution in [0.15, 0.2) is 42.5 Å². The van der Waals surface area contributed by atoms with Gasteiger partial charge in [0.2, 0.25) is 0 Å². The number of hydrazine groups is 1. The second-order valence-corrected chi connectivity index (χ2v) is 6.35. The van der Waals surface area contributed by atoms with Gasteiger partial charge in [0, 0.05) is 11.1 Å². The van der Waals surface area contributed by atoms with Gasteiger partial charge in [0.1, 0.15) is 5.78 Å². The molecule has 0 aliphatic heterocycles. The molecule has 0 heterocycles. The van der Waals surface area contributed by atoms with E-state index in [1.165, 1.54) is 12.5 Å². The SMILES string of the molecule is CCc1ccc(C(=O)CC(C)=O)cc1.Cc1cc(C)cc(C(=O)Cl)c1.NN. The topological polar surface area (TPSA) is 103 Å². The van der Waals surface area contributed by atoms with Crippen LogP contribution in [0.2, 0.25) is 0 Å². The standard InChI is InChI=1S/C12H14O2.C9H9ClO.H4N2/c1-3-10-4-6-11(7-5-10)12(14)8-9(2)13;1-6-3-7(2)5-8(4-6)9(10)11;1-2/h4-7H,3,8H2,1-2H3;3-5H,1-2H3;1-2H2. The normalized spacial score (nSPS) is 9.30. The third kappa shape index (κ3) is 9.80. The zero-order valence-corrected chi connectivity index (χ0v) is 17.0. The number of nitrogens with two attached hydrogens (primary N) is 2. The van der Waals surface area contributed by atoms with Gasteiger partial charge in [0.25, 0.3) is 5.24 Å². The van der Waals surface area contributed by atoms with Gasteiger partial charge in [-0.2, -0.15) is 0 Å². The Morgan fingerprint density at radius 3 is 1.74 bits per heavy atom. The maximum atomic E-state index is 11.4. The molecule has 0 radical (unpaired) electrons. The van der Waals surface area contributed by atoms with Crippen LogP contribution in [0.1, 0.15) is 57.7 Å². The summed E-state index contributed by atoms with van der Waals surface area (Å²) in [4.78, 5) is 32.9. The van der Waals surface area contributed by atoms with Crippen LogP contribution in [0.25, 0.3) is 0 Å². The number of carbonyl (C=O) groups excluding carboxylic acids is 3. The highest BCUT2D eigenvalue weighted by Crippen LogP contribution is 2.10. The Morgan fingerprint density at radius 1 is 0.889 bits per heavy atom. The molecule has 0 unspecified atom stereocenters. The van der Waals surface area contributed by atoms with Gasteiger partial charge in [-0.1, -0.05) is 48.4 Å². The van der Waals surface area contributed by atoms with E-state index in [0.29, 0.717) is 11.1 Å². The van der Waals surface area contributed by atoms with Crippen molar-refractivity contribution in [1.29, 1.82) is 0 Å². The van der Waals surface area contributed by atoms with Crippen LogP contribution < -0.4 is 11.7 Å². The molecule has 0 saturated carbocycles. The fourth-order valence-corrected chi connectivity index (χ4v) is 2.45. The van der Waals surface area contributed by atoms with Gasteiger partial charge in [-0.25, -0.2) is 0 Å². The minimum atomic E-state index is -0.392. The number of hydrogen-bond acceptors (Lipinski definition) is 5. The van der Waals surface area contributed by atoms with E-state index >= 15 is 0 Å². The number of Topliss-reactive ketones (excluding diaryl/α,β-unsaturated/α-hetero) is 2. The maximum Gasteiger partial charge on any atom is 0.252 e. The average Bonchev–Trinajstić information content (AvgIpc) is 2.62. The van der Waals surface area contributed by atoms with Crippen molar-refractivity contribution in [1.82, 2.24) is 0 Å². The zero-order chi connectivity index (χ0) is 21.0. The quantitative estimate of drug-likeness (QED) is 0.265. The molecule has 0 amide bonds. The Morgan fingerprint density at radius 2 is 1.37 bits per heavy atom. The Kier molecular flexibility index (Phi) is 11.8. The van der Waals surface area contributed by atoms with Crippen LogP contribution in [0, 0.1) is 13.8 Å². The van der Waals surface area contributed by atoms with Crippen molar-refractivity contribution in [3.63, 3.8) is 0 Å². The molecule has 5 nitrogen and oxygen atoms in total. The maximum absolute atomic E-state index is 11.4. The molecule has 0 bridgehead atoms. The minimum absolute atomic E-state index is 0.00543. The predicted molar refractivity (Wildman–Crippen MR) is 110 cm³/mol. The van der Waals surface area contributed by atoms with Gasteiger partial charge in [0.15, 0.2) is 5.78 Å². The predicted octanol–water partition coefficient (Wildman–Crippen LogP) is 3.91. The van der Waals surface area contributed by atoms with Crippen LogP contribution in [-0.4, -0.2) is 16.8 Å². The summed E-state index contributed by atoms with van der Waals surface area (Å²) in [5.41, 5.74) is 4.52. The average molecular weight is 391 g/mol. The number of aryl methyl sites for hydroxylation is 3. The monoisotopic (exact) mass is 390 g/mol. The number of halogens is 1. The number of ketones is 2. The number of rotatable bonds is 5. The summed E-state index contributed by atoms with van der Waals surface area (Å²) in [6.45, 7) is 7.37. The van der Waals surface area contributed by atoms with Crippen molar-refractivity contribution in [2.75, 3.05) is 0 Å². The van der Waals surface area contributed by atoms with Crippen molar-refractivity contribution in [3.05, 3.63) is 70.3 Å². The summed E-state index contributed by atoms with van der Waals surface area (Å²) in [5.74, 6) is 7.81. The smallest absolute Gasteiger partial charge is 0.252 e. The molecule has 0 aromatic heterocycles. The first-order valence-electron chi connectivity index (χ1n) is 8.46. The van der Waals surface area contributed by atoms with E-state index in [1.807, 2.05) is 32.0 Å². The first-order chi connectivity index (χ1) is 12.7. The van der Waals surface area contributed by atoms with E-state index in [4.69, 9.17) is 11.6 Å². The Hall–Kier alpha value is -2.34. The fourth-order valence-electron chi connectivity index (χ4n) is 2.34. The summed E-state index contributed by atoms with van der Waals surface area (Å²) in [7, 11) is 0. The van der Waals surface area contributed by atoms with Crippen molar-refractivity contribution < 1.29 is 14.4 Å². The lowest BCUT2D eigenvalue weighted by Crippen LogP contribution is -2.04. The van der Waals surface area contributed by atoms with Crippen LogP contribution in [0.4, 0.5) is 0 Å². The summed E-state index contributed by atoms with van der Waals surface area (Å²) in [6, 6.07) is 13.0. The minimum Gasteiger partial charge on any atom is -0.300 e. The van der Waals surface area contributed by atoms with E-state index in [0.717, 1.165) is 17.5 Å². The van der Waals surface area contributed by atoms with Crippen molar-refractivity contribution >= 4 is 28.4 Å². The van der Waals surface area contributed by atoms with Crippen molar-refractivity contribution in [3.8, 4) is 0 Å². The molecule has 0 fully saturated rings. The second kappa shape index (κ2) is 12.9. The molecular formula is C21H27ClN2O3. The van der Waals surface area contributed by atoms with E-state index in [1.54, 1.807) is 24.3 Å². The van der Waals surface area contributed by atoms with Gasteiger partial charge in [-0.15, -0.1) is 0 Å². The number of carbonyl (C=O) groups is 3. The van der Waals surface area contributed by atoms with Gasteiger partial charge in [-0.3, -0.25) is 26.1 Å². The van der Waals surface area contributed by atoms with E-state index in [9.17, 15) is 14.4 Å². The van der Waals surface area contributed by atoms with E-state index in [-0.39, 0.29) is 18.0 Å². The Bertz CT molecular complexity index is 751. The first-order valence-corrected chi connectivity index (χ1v) is 8.83. The highest BCUT2D eigenvalue weighted by Gasteiger charge is 2.07. The van der Waals surface area contributed by atoms with E-state index in [2.05, 4.69) is 18.6 Å². The molecule has 2 aromatic carbocycles. The van der Waals surface area contributed by atoms with Crippen LogP contribution >= 0.6 is 11.6 Å². The molecule has 2 rings (SSSR count). The third-order valence-electron chi connectivity index (χ3n) is 3.54. The highest BCUT2D eigenvalue weighted by atomic mass is 35.5. The molecule has 0 aliphatic carbocycles. The molecule has 0 atom stereocenters. The van der Waals surface area contributed by atoms with Crippen molar-refractivity contribution in [2.45, 2.75) is 40.5 Å². The van der Waals surface area contributed by atoms with Gasteiger partial charge >= 0.3 is 0 Å². The van der Waals surface area contributed by atoms with Gasteiger partial charge in [0.05, 0.1) is 6.42 Å². The fraction of sp³-hybridized carbons (Fsp3) is 0.286. The molecule has 0 saturated heterocycles. The lowest BCUT2D eigenvalue weighted by Gasteiger charge is -2.00. The molecule has 2 aromatic rings. The molecule has 6 heteroatoms. The Balaban J connectivity index is 0.000000469. The number of hydrogen-bond donors (Lipinski definition) is 2. The van der Waals surface area contributed by atoms with Crippen LogP contribution in [0.5, 0.6) is 0 Å². The molecular weight excluding hydrogens is 364 g/mol. The summed E-state index contributed by atoms with van der Waals surface area (Å²) >= 11 is 5.31.